The topological polar surface area (TPSA) is 84.2 Å². The molecule has 0 spiro atoms. The maximum Gasteiger partial charge on any atom is 0.175 e. The zero-order chi connectivity index (χ0) is 12.5. The maximum absolute atomic E-state index is 11.3. The summed E-state index contributed by atoms with van der Waals surface area (Å²) in [5.41, 5.74) is 6.77. The van der Waals surface area contributed by atoms with Gasteiger partial charge in [0.2, 0.25) is 0 Å². The fourth-order valence-electron chi connectivity index (χ4n) is 1.87. The van der Waals surface area contributed by atoms with Crippen LogP contribution >= 0.6 is 0 Å². The average Bonchev–Trinajstić information content (AvgIpc) is 2.29. The normalized spacial score (nSPS) is 25.8. The Balaban J connectivity index is 2.13. The van der Waals surface area contributed by atoms with Crippen LogP contribution in [-0.4, -0.2) is 33.9 Å². The third kappa shape index (κ3) is 3.04. The number of benzene rings is 1. The zero-order valence-corrected chi connectivity index (χ0v) is 10.5. The van der Waals surface area contributed by atoms with Gasteiger partial charge in [-0.3, -0.25) is 5.32 Å². The molecule has 0 amide bonds. The van der Waals surface area contributed by atoms with Gasteiger partial charge in [0.05, 0.1) is 11.1 Å². The zero-order valence-electron chi connectivity index (χ0n) is 9.68. The maximum atomic E-state index is 11.3. The Bertz CT molecular complexity index is 476. The molecule has 1 saturated heterocycles. The Morgan fingerprint density at radius 1 is 1.18 bits per heavy atom. The van der Waals surface area contributed by atoms with Gasteiger partial charge in [-0.2, -0.15) is 0 Å². The Labute approximate surface area is 101 Å². The molecule has 17 heavy (non-hydrogen) atoms. The molecule has 0 bridgehead atoms. The number of hydrogen-bond donors (Lipinski definition) is 3. The monoisotopic (exact) mass is 255 g/mol. The quantitative estimate of drug-likeness (QED) is 0.670. The fraction of sp³-hybridized carbons (Fsp3) is 0.455. The van der Waals surface area contributed by atoms with Crippen molar-refractivity contribution in [2.24, 2.45) is 5.73 Å². The number of sulfone groups is 1. The number of nitrogens with one attached hydrogen (secondary N) is 2. The molecule has 2 rings (SSSR count). The molecule has 2 atom stereocenters. The molecule has 4 N–H and O–H groups in total. The van der Waals surface area contributed by atoms with E-state index in [1.165, 1.54) is 6.26 Å². The number of rotatable bonds is 2. The molecule has 94 valence electrons. The molecule has 1 aliphatic rings. The van der Waals surface area contributed by atoms with Crippen molar-refractivity contribution in [3.8, 4) is 0 Å². The van der Waals surface area contributed by atoms with E-state index in [1.54, 1.807) is 12.1 Å². The van der Waals surface area contributed by atoms with Crippen LogP contribution in [0.5, 0.6) is 0 Å². The van der Waals surface area contributed by atoms with Crippen LogP contribution in [0.25, 0.3) is 0 Å². The highest BCUT2D eigenvalue weighted by Gasteiger charge is 2.18. The minimum Gasteiger partial charge on any atom is -0.315 e. The highest BCUT2D eigenvalue weighted by molar-refractivity contribution is 7.90. The number of hydrogen-bond acceptors (Lipinski definition) is 5. The van der Waals surface area contributed by atoms with Crippen LogP contribution in [-0.2, 0) is 9.84 Å². The molecule has 1 aliphatic heterocycles. The Kier molecular flexibility index (Phi) is 3.48. The van der Waals surface area contributed by atoms with Gasteiger partial charge in [-0.05, 0) is 17.7 Å². The third-order valence-electron chi connectivity index (χ3n) is 2.88. The second kappa shape index (κ2) is 4.73. The molecule has 1 heterocycles. The summed E-state index contributed by atoms with van der Waals surface area (Å²) in [5.74, 6) is 0. The molecule has 0 aromatic heterocycles. The number of piperazine rings is 1. The highest BCUT2D eigenvalue weighted by atomic mass is 32.2. The van der Waals surface area contributed by atoms with Crippen molar-refractivity contribution >= 4 is 9.84 Å². The Hall–Kier alpha value is -0.950. The van der Waals surface area contributed by atoms with Crippen molar-refractivity contribution in [2.75, 3.05) is 19.3 Å². The van der Waals surface area contributed by atoms with Crippen LogP contribution in [0, 0.1) is 0 Å². The fourth-order valence-corrected chi connectivity index (χ4v) is 2.50. The smallest absolute Gasteiger partial charge is 0.175 e. The van der Waals surface area contributed by atoms with Gasteiger partial charge in [-0.15, -0.1) is 0 Å². The van der Waals surface area contributed by atoms with Crippen molar-refractivity contribution < 1.29 is 8.42 Å². The molecular weight excluding hydrogens is 238 g/mol. The highest BCUT2D eigenvalue weighted by Crippen LogP contribution is 2.17. The first kappa shape index (κ1) is 12.5. The van der Waals surface area contributed by atoms with E-state index in [0.717, 1.165) is 12.1 Å². The summed E-state index contributed by atoms with van der Waals surface area (Å²) < 4.78 is 22.6. The summed E-state index contributed by atoms with van der Waals surface area (Å²) in [6.45, 7) is 1.46. The van der Waals surface area contributed by atoms with Gasteiger partial charge in [0.15, 0.2) is 9.84 Å². The summed E-state index contributed by atoms with van der Waals surface area (Å²) in [5, 5.41) is 6.48. The van der Waals surface area contributed by atoms with Crippen molar-refractivity contribution in [1.29, 1.82) is 0 Å². The average molecular weight is 255 g/mol. The molecule has 1 aromatic carbocycles. The van der Waals surface area contributed by atoms with Crippen LogP contribution < -0.4 is 16.4 Å². The van der Waals surface area contributed by atoms with E-state index in [9.17, 15) is 8.42 Å². The van der Waals surface area contributed by atoms with Crippen molar-refractivity contribution in [1.82, 2.24) is 10.6 Å². The van der Waals surface area contributed by atoms with Gasteiger partial charge in [-0.1, -0.05) is 12.1 Å². The lowest BCUT2D eigenvalue weighted by Crippen LogP contribution is -2.54. The largest absolute Gasteiger partial charge is 0.315 e. The lowest BCUT2D eigenvalue weighted by Gasteiger charge is -2.29. The Morgan fingerprint density at radius 3 is 2.29 bits per heavy atom. The van der Waals surface area contributed by atoms with Crippen LogP contribution in [0.3, 0.4) is 0 Å². The first-order chi connectivity index (χ1) is 7.97. The summed E-state index contributed by atoms with van der Waals surface area (Å²) in [6.07, 6.45) is 1.20. The molecule has 1 aromatic rings. The van der Waals surface area contributed by atoms with Crippen LogP contribution in [0.15, 0.2) is 29.2 Å². The minimum atomic E-state index is -3.12. The molecule has 6 heteroatoms. The van der Waals surface area contributed by atoms with E-state index in [-0.39, 0.29) is 12.2 Å². The van der Waals surface area contributed by atoms with Crippen LogP contribution in [0.2, 0.25) is 0 Å². The van der Waals surface area contributed by atoms with Gasteiger partial charge in [-0.25, -0.2) is 8.42 Å². The molecule has 0 saturated carbocycles. The summed E-state index contributed by atoms with van der Waals surface area (Å²) >= 11 is 0. The van der Waals surface area contributed by atoms with Gasteiger partial charge in [0.1, 0.15) is 0 Å². The van der Waals surface area contributed by atoms with E-state index < -0.39 is 9.84 Å². The number of nitrogens with two attached hydrogens (primary N) is 1. The van der Waals surface area contributed by atoms with Gasteiger partial charge in [0.25, 0.3) is 0 Å². The molecular formula is C11H17N3O2S. The van der Waals surface area contributed by atoms with Crippen LogP contribution in [0.4, 0.5) is 0 Å². The Morgan fingerprint density at radius 2 is 1.82 bits per heavy atom. The predicted octanol–water partition coefficient (Wildman–Crippen LogP) is -0.391. The summed E-state index contributed by atoms with van der Waals surface area (Å²) in [6, 6.07) is 7.14. The van der Waals surface area contributed by atoms with Gasteiger partial charge >= 0.3 is 0 Å². The SMILES string of the molecule is CS(=O)(=O)c1ccc(C2CNC(N)CN2)cc1. The molecule has 0 aliphatic carbocycles. The first-order valence-corrected chi connectivity index (χ1v) is 7.38. The van der Waals surface area contributed by atoms with Crippen molar-refractivity contribution in [2.45, 2.75) is 17.1 Å². The summed E-state index contributed by atoms with van der Waals surface area (Å²) in [7, 11) is -3.12. The second-order valence-electron chi connectivity index (χ2n) is 4.32. The third-order valence-corrected chi connectivity index (χ3v) is 4.01. The van der Waals surface area contributed by atoms with Gasteiger partial charge in [0, 0.05) is 25.4 Å². The predicted molar refractivity (Wildman–Crippen MR) is 66.3 cm³/mol. The lowest BCUT2D eigenvalue weighted by atomic mass is 10.1. The first-order valence-electron chi connectivity index (χ1n) is 5.49. The molecule has 5 nitrogen and oxygen atoms in total. The van der Waals surface area contributed by atoms with E-state index in [0.29, 0.717) is 11.4 Å². The molecule has 1 fully saturated rings. The molecule has 0 radical (unpaired) electrons. The van der Waals surface area contributed by atoms with Gasteiger partial charge < -0.3 is 11.1 Å². The lowest BCUT2D eigenvalue weighted by molar-refractivity contribution is 0.357. The van der Waals surface area contributed by atoms with E-state index in [1.807, 2.05) is 12.1 Å². The van der Waals surface area contributed by atoms with E-state index >= 15 is 0 Å². The second-order valence-corrected chi connectivity index (χ2v) is 6.33. The molecule has 2 unspecified atom stereocenters. The minimum absolute atomic E-state index is 0.0125. The van der Waals surface area contributed by atoms with E-state index in [4.69, 9.17) is 5.73 Å². The van der Waals surface area contributed by atoms with Crippen LogP contribution in [0.1, 0.15) is 11.6 Å². The van der Waals surface area contributed by atoms with Crippen molar-refractivity contribution in [3.05, 3.63) is 29.8 Å². The summed E-state index contributed by atoms with van der Waals surface area (Å²) in [4.78, 5) is 0.349. The standard InChI is InChI=1S/C11H17N3O2S/c1-17(15,16)9-4-2-8(3-5-9)10-6-14-11(12)7-13-10/h2-5,10-11,13-14H,6-7,12H2,1H3. The van der Waals surface area contributed by atoms with Crippen molar-refractivity contribution in [3.63, 3.8) is 0 Å². The van der Waals surface area contributed by atoms with E-state index in [2.05, 4.69) is 10.6 Å².